The van der Waals surface area contributed by atoms with E-state index in [1.54, 1.807) is 11.8 Å². The number of carboxylic acids is 1. The number of likely N-dealkylation sites (tertiary alicyclic amines) is 1. The van der Waals surface area contributed by atoms with Crippen LogP contribution >= 0.6 is 11.8 Å². The molecule has 0 bridgehead atoms. The van der Waals surface area contributed by atoms with Crippen LogP contribution in [0.5, 0.6) is 0 Å². The summed E-state index contributed by atoms with van der Waals surface area (Å²) >= 11 is 1.44. The van der Waals surface area contributed by atoms with Crippen LogP contribution in [0.4, 0.5) is 0 Å². The normalized spacial score (nSPS) is 31.9. The summed E-state index contributed by atoms with van der Waals surface area (Å²) in [7, 11) is 0. The average Bonchev–Trinajstić information content (AvgIpc) is 3.63. The fraction of sp³-hybridized carbons (Fsp3) is 0.682. The number of β-lactam (4-membered cyclic amide) rings is 1. The van der Waals surface area contributed by atoms with Crippen LogP contribution in [0.1, 0.15) is 26.7 Å². The summed E-state index contributed by atoms with van der Waals surface area (Å²) in [5.41, 5.74) is 5.95. The number of hydrogen-bond acceptors (Lipinski definition) is 10. The number of aliphatic carboxylic acids is 1. The summed E-state index contributed by atoms with van der Waals surface area (Å²) in [4.78, 5) is 54.4. The van der Waals surface area contributed by atoms with Crippen molar-refractivity contribution in [1.29, 1.82) is 0 Å². The van der Waals surface area contributed by atoms with Gasteiger partial charge in [0.15, 0.2) is 0 Å². The van der Waals surface area contributed by atoms with E-state index in [1.165, 1.54) is 27.7 Å². The van der Waals surface area contributed by atoms with Crippen molar-refractivity contribution in [3.63, 3.8) is 0 Å². The van der Waals surface area contributed by atoms with Gasteiger partial charge >= 0.3 is 5.97 Å². The number of amides is 3. The van der Waals surface area contributed by atoms with Gasteiger partial charge in [0.25, 0.3) is 0 Å². The smallest absolute Gasteiger partial charge is 0.353 e. The molecule has 0 spiro atoms. The zero-order valence-corrected chi connectivity index (χ0v) is 21.4. The minimum absolute atomic E-state index is 0.00213. The lowest BCUT2D eigenvalue weighted by Crippen LogP contribution is -2.66. The lowest BCUT2D eigenvalue weighted by molar-refractivity contribution is -0.158. The first-order valence-electron chi connectivity index (χ1n) is 12.4. The molecule has 3 fully saturated rings. The molecule has 5 N–H and O–H groups in total. The minimum Gasteiger partial charge on any atom is -0.477 e. The topological polar surface area (TPSA) is 189 Å². The molecule has 3 saturated heterocycles. The Bertz CT molecular complexity index is 1130. The van der Waals surface area contributed by atoms with Crippen LogP contribution in [-0.2, 0) is 25.7 Å². The van der Waals surface area contributed by atoms with Gasteiger partial charge in [-0.25, -0.2) is 9.48 Å². The quantitative estimate of drug-likeness (QED) is 0.270. The van der Waals surface area contributed by atoms with Gasteiger partial charge in [0.1, 0.15) is 18.6 Å². The van der Waals surface area contributed by atoms with E-state index in [4.69, 9.17) is 5.73 Å². The molecule has 4 aliphatic rings. The summed E-state index contributed by atoms with van der Waals surface area (Å²) in [5.74, 6) is -2.54. The van der Waals surface area contributed by atoms with Gasteiger partial charge in [-0.15, -0.1) is 16.9 Å². The van der Waals surface area contributed by atoms with Crippen molar-refractivity contribution in [2.24, 2.45) is 17.6 Å². The SMILES string of the molecule is C[C@@H](NC(=O)Cn1cnnn1)[C@H]1C(=O)N2C(C(=O)O)=C(SC3CN[C@H](C(=O)N4CC[C@@H](N)C4)C3)[C@H](C)[C@H]12. The third kappa shape index (κ3) is 4.70. The van der Waals surface area contributed by atoms with Gasteiger partial charge in [0, 0.05) is 47.8 Å². The first-order chi connectivity index (χ1) is 17.7. The molecule has 0 saturated carbocycles. The number of fused-ring (bicyclic) bond motifs is 1. The largest absolute Gasteiger partial charge is 0.477 e. The summed E-state index contributed by atoms with van der Waals surface area (Å²) in [5, 5.41) is 26.7. The van der Waals surface area contributed by atoms with Gasteiger partial charge in [-0.05, 0) is 30.2 Å². The Morgan fingerprint density at radius 3 is 2.81 bits per heavy atom. The maximum Gasteiger partial charge on any atom is 0.353 e. The Kier molecular flexibility index (Phi) is 6.93. The van der Waals surface area contributed by atoms with E-state index in [1.807, 2.05) is 6.92 Å². The molecule has 5 heterocycles. The van der Waals surface area contributed by atoms with Gasteiger partial charge in [0.2, 0.25) is 17.7 Å². The van der Waals surface area contributed by atoms with Crippen molar-refractivity contribution in [3.8, 4) is 0 Å². The Balaban J connectivity index is 1.23. The minimum atomic E-state index is -1.15. The van der Waals surface area contributed by atoms with E-state index in [-0.39, 0.29) is 59.3 Å². The van der Waals surface area contributed by atoms with E-state index in [0.717, 1.165) is 6.42 Å². The fourth-order valence-corrected chi connectivity index (χ4v) is 7.33. The van der Waals surface area contributed by atoms with Crippen LogP contribution in [0.3, 0.4) is 0 Å². The summed E-state index contributed by atoms with van der Waals surface area (Å²) < 4.78 is 1.28. The number of aromatic nitrogens is 4. The molecule has 1 aromatic heterocycles. The number of carbonyl (C=O) groups excluding carboxylic acids is 3. The van der Waals surface area contributed by atoms with Gasteiger partial charge in [0.05, 0.1) is 18.0 Å². The van der Waals surface area contributed by atoms with Crippen molar-refractivity contribution in [3.05, 3.63) is 16.9 Å². The number of hydrogen-bond donors (Lipinski definition) is 4. The third-order valence-electron chi connectivity index (χ3n) is 7.63. The van der Waals surface area contributed by atoms with Crippen molar-refractivity contribution < 1.29 is 24.3 Å². The molecule has 14 nitrogen and oxygen atoms in total. The lowest BCUT2D eigenvalue weighted by atomic mass is 9.78. The summed E-state index contributed by atoms with van der Waals surface area (Å²) in [6, 6.07) is -1.17. The number of nitrogens with two attached hydrogens (primary N) is 1. The van der Waals surface area contributed by atoms with Crippen LogP contribution in [0, 0.1) is 11.8 Å². The molecular formula is C22H31N9O5S. The second kappa shape index (κ2) is 10.0. The zero-order chi connectivity index (χ0) is 26.4. The molecule has 37 heavy (non-hydrogen) atoms. The predicted octanol–water partition coefficient (Wildman–Crippen LogP) is -2.03. The molecule has 0 aliphatic carbocycles. The molecule has 4 aliphatic heterocycles. The van der Waals surface area contributed by atoms with Crippen molar-refractivity contribution in [1.82, 2.24) is 40.6 Å². The van der Waals surface area contributed by atoms with E-state index < -0.39 is 17.9 Å². The number of nitrogens with zero attached hydrogens (tertiary/aromatic N) is 6. The second-order valence-electron chi connectivity index (χ2n) is 10.2. The Hall–Kier alpha value is -3.04. The molecular weight excluding hydrogens is 502 g/mol. The summed E-state index contributed by atoms with van der Waals surface area (Å²) in [6.45, 7) is 5.37. The van der Waals surface area contributed by atoms with E-state index in [2.05, 4.69) is 26.2 Å². The van der Waals surface area contributed by atoms with E-state index >= 15 is 0 Å². The number of rotatable bonds is 8. The van der Waals surface area contributed by atoms with Crippen LogP contribution < -0.4 is 16.4 Å². The number of nitrogens with one attached hydrogen (secondary N) is 2. The predicted molar refractivity (Wildman–Crippen MR) is 130 cm³/mol. The lowest BCUT2D eigenvalue weighted by Gasteiger charge is -2.47. The molecule has 3 amide bonds. The number of carbonyl (C=O) groups is 4. The van der Waals surface area contributed by atoms with Crippen molar-refractivity contribution in [2.75, 3.05) is 19.6 Å². The van der Waals surface area contributed by atoms with Crippen molar-refractivity contribution >= 4 is 35.5 Å². The molecule has 200 valence electrons. The second-order valence-corrected chi connectivity index (χ2v) is 11.5. The van der Waals surface area contributed by atoms with Crippen LogP contribution in [-0.4, -0.2) is 108 Å². The highest BCUT2D eigenvalue weighted by Crippen LogP contribution is 2.51. The highest BCUT2D eigenvalue weighted by molar-refractivity contribution is 8.03. The molecule has 15 heteroatoms. The van der Waals surface area contributed by atoms with Crippen LogP contribution in [0.2, 0.25) is 0 Å². The molecule has 5 rings (SSSR count). The monoisotopic (exact) mass is 533 g/mol. The third-order valence-corrected chi connectivity index (χ3v) is 9.15. The molecule has 7 atom stereocenters. The maximum absolute atomic E-state index is 13.1. The summed E-state index contributed by atoms with van der Waals surface area (Å²) in [6.07, 6.45) is 2.69. The van der Waals surface area contributed by atoms with E-state index in [0.29, 0.717) is 31.0 Å². The standard InChI is InChI=1S/C22H31N9O5S/c1-10-17-16(11(2)26-15(32)8-30-9-25-27-28-30)21(34)31(17)18(22(35)36)19(10)37-13-5-14(24-6-13)20(33)29-4-3-12(23)7-29/h9-14,16-17,24H,3-8,23H2,1-2H3,(H,26,32)(H,35,36)/t10-,11-,12-,13?,14+,16-,17-/m1/s1. The molecule has 1 unspecified atom stereocenters. The van der Waals surface area contributed by atoms with Gasteiger partial charge in [-0.3, -0.25) is 14.4 Å². The van der Waals surface area contributed by atoms with Gasteiger partial charge in [-0.1, -0.05) is 6.92 Å². The van der Waals surface area contributed by atoms with Gasteiger partial charge < -0.3 is 31.3 Å². The first kappa shape index (κ1) is 25.6. The zero-order valence-electron chi connectivity index (χ0n) is 20.6. The number of carboxylic acid groups (broad SMARTS) is 1. The average molecular weight is 534 g/mol. The Morgan fingerprint density at radius 2 is 2.16 bits per heavy atom. The molecule has 1 aromatic rings. The maximum atomic E-state index is 13.1. The Morgan fingerprint density at radius 1 is 1.38 bits per heavy atom. The fourth-order valence-electron chi connectivity index (χ4n) is 5.85. The van der Waals surface area contributed by atoms with E-state index in [9.17, 15) is 24.3 Å². The molecule has 0 aromatic carbocycles. The number of thioether (sulfide) groups is 1. The highest BCUT2D eigenvalue weighted by atomic mass is 32.2. The van der Waals surface area contributed by atoms with Crippen LogP contribution in [0.15, 0.2) is 16.9 Å². The van der Waals surface area contributed by atoms with Gasteiger partial charge in [-0.2, -0.15) is 0 Å². The number of tetrazole rings is 1. The van der Waals surface area contributed by atoms with Crippen molar-refractivity contribution in [2.45, 2.75) is 62.7 Å². The molecule has 0 radical (unpaired) electrons. The van der Waals surface area contributed by atoms with Crippen LogP contribution in [0.25, 0.3) is 0 Å². The first-order valence-corrected chi connectivity index (χ1v) is 13.3. The highest BCUT2D eigenvalue weighted by Gasteiger charge is 2.60. The Labute approximate surface area is 217 Å².